The van der Waals surface area contributed by atoms with Crippen LogP contribution in [0.25, 0.3) is 33.5 Å². The molecule has 0 unspecified atom stereocenters. The van der Waals surface area contributed by atoms with E-state index in [1.165, 1.54) is 40.7 Å². The molecule has 0 fully saturated rings. The van der Waals surface area contributed by atoms with Gasteiger partial charge < -0.3 is 0 Å². The van der Waals surface area contributed by atoms with Crippen LogP contribution in [0.4, 0.5) is 0 Å². The van der Waals surface area contributed by atoms with Crippen LogP contribution in [-0.4, -0.2) is 25.4 Å². The van der Waals surface area contributed by atoms with Gasteiger partial charge in [-0.2, -0.15) is 10.2 Å². The van der Waals surface area contributed by atoms with Crippen molar-refractivity contribution in [3.63, 3.8) is 0 Å². The molecule has 0 saturated heterocycles. The van der Waals surface area contributed by atoms with Crippen LogP contribution in [0, 0.1) is 5.92 Å². The first-order valence-electron chi connectivity index (χ1n) is 12.3. The molecule has 0 bridgehead atoms. The lowest BCUT2D eigenvalue weighted by Crippen LogP contribution is -2.23. The molecule has 33 heavy (non-hydrogen) atoms. The van der Waals surface area contributed by atoms with Crippen LogP contribution in [0.3, 0.4) is 0 Å². The predicted octanol–water partition coefficient (Wildman–Crippen LogP) is 6.95. The van der Waals surface area contributed by atoms with Crippen LogP contribution in [0.1, 0.15) is 82.8 Å². The van der Waals surface area contributed by atoms with E-state index in [-0.39, 0.29) is 5.41 Å². The Bertz CT molecular complexity index is 1310. The fraction of sp³-hybridized carbons (Fsp3) is 0.464. The molecular weight excluding hydrogens is 406 g/mol. The van der Waals surface area contributed by atoms with Gasteiger partial charge in [0, 0.05) is 33.3 Å². The first-order chi connectivity index (χ1) is 15.8. The van der Waals surface area contributed by atoms with Gasteiger partial charge in [0.2, 0.25) is 0 Å². The zero-order valence-corrected chi connectivity index (χ0v) is 20.7. The van der Waals surface area contributed by atoms with E-state index >= 15 is 0 Å². The van der Waals surface area contributed by atoms with Crippen molar-refractivity contribution < 1.29 is 0 Å². The molecule has 4 aromatic rings. The molecule has 0 radical (unpaired) electrons. The second kappa shape index (κ2) is 8.12. The molecule has 5 nitrogen and oxygen atoms in total. The first-order valence-corrected chi connectivity index (χ1v) is 12.3. The molecule has 0 saturated carbocycles. The highest BCUT2D eigenvalue weighted by Crippen LogP contribution is 2.41. The first kappa shape index (κ1) is 21.9. The van der Waals surface area contributed by atoms with E-state index in [0.29, 0.717) is 11.8 Å². The molecule has 5 heteroatoms. The van der Waals surface area contributed by atoms with Gasteiger partial charge in [0.1, 0.15) is 11.4 Å². The standard InChI is InChI=1S/C28H35N5/c1-16(2)14-21-23(17(3)4)26(32-30-21)22-15-18-10-7-8-11-19(18)24(29-22)25-20-12-9-13-28(5,6)27(20)33-31-25/h7-8,10-11,15-17H,9,12-14H2,1-6H3,(H,30,32)(H,31,33). The summed E-state index contributed by atoms with van der Waals surface area (Å²) in [6.45, 7) is 13.6. The van der Waals surface area contributed by atoms with Crippen molar-refractivity contribution in [3.05, 3.63) is 52.8 Å². The van der Waals surface area contributed by atoms with Gasteiger partial charge in [0.15, 0.2) is 0 Å². The van der Waals surface area contributed by atoms with Crippen LogP contribution in [0.5, 0.6) is 0 Å². The maximum absolute atomic E-state index is 5.24. The number of benzene rings is 1. The van der Waals surface area contributed by atoms with E-state index < -0.39 is 0 Å². The lowest BCUT2D eigenvalue weighted by Gasteiger charge is -2.29. The summed E-state index contributed by atoms with van der Waals surface area (Å²) in [5.41, 5.74) is 9.07. The fourth-order valence-corrected chi connectivity index (χ4v) is 5.46. The molecule has 5 rings (SSSR count). The van der Waals surface area contributed by atoms with Gasteiger partial charge in [0.05, 0.1) is 11.4 Å². The van der Waals surface area contributed by atoms with Crippen molar-refractivity contribution in [2.24, 2.45) is 5.92 Å². The summed E-state index contributed by atoms with van der Waals surface area (Å²) in [5.74, 6) is 0.929. The minimum atomic E-state index is 0.116. The Hall–Kier alpha value is -2.95. The topological polar surface area (TPSA) is 70.2 Å². The minimum absolute atomic E-state index is 0.116. The number of pyridine rings is 1. The molecule has 1 aliphatic carbocycles. The van der Waals surface area contributed by atoms with Crippen LogP contribution >= 0.6 is 0 Å². The van der Waals surface area contributed by atoms with Crippen molar-refractivity contribution in [1.82, 2.24) is 25.4 Å². The van der Waals surface area contributed by atoms with Gasteiger partial charge in [-0.1, -0.05) is 65.8 Å². The second-order valence-electron chi connectivity index (χ2n) is 11.0. The molecule has 0 aliphatic heterocycles. The molecule has 1 aromatic carbocycles. The Morgan fingerprint density at radius 1 is 0.970 bits per heavy atom. The molecule has 2 N–H and O–H groups in total. The molecule has 172 valence electrons. The third-order valence-electron chi connectivity index (χ3n) is 7.05. The van der Waals surface area contributed by atoms with Crippen LogP contribution < -0.4 is 0 Å². The number of fused-ring (bicyclic) bond motifs is 2. The lowest BCUT2D eigenvalue weighted by molar-refractivity contribution is 0.420. The zero-order valence-electron chi connectivity index (χ0n) is 20.7. The SMILES string of the molecule is CC(C)Cc1[nH]nc(-c2cc3ccccc3c(-c3n[nH]c4c3CCCC4(C)C)n2)c1C(C)C. The number of rotatable bonds is 5. The van der Waals surface area contributed by atoms with E-state index in [1.807, 2.05) is 0 Å². The average molecular weight is 442 g/mol. The van der Waals surface area contributed by atoms with Crippen molar-refractivity contribution >= 4 is 10.8 Å². The van der Waals surface area contributed by atoms with E-state index in [2.05, 4.69) is 82.1 Å². The number of H-pyrrole nitrogens is 2. The number of hydrogen-bond donors (Lipinski definition) is 2. The zero-order chi connectivity index (χ0) is 23.3. The summed E-state index contributed by atoms with van der Waals surface area (Å²) in [6.07, 6.45) is 4.39. The number of aromatic nitrogens is 5. The van der Waals surface area contributed by atoms with E-state index in [9.17, 15) is 0 Å². The summed E-state index contributed by atoms with van der Waals surface area (Å²) >= 11 is 0. The van der Waals surface area contributed by atoms with Crippen LogP contribution in [-0.2, 0) is 18.3 Å². The van der Waals surface area contributed by atoms with Gasteiger partial charge in [-0.3, -0.25) is 10.2 Å². The largest absolute Gasteiger partial charge is 0.282 e. The fourth-order valence-electron chi connectivity index (χ4n) is 5.46. The number of nitrogens with zero attached hydrogens (tertiary/aromatic N) is 3. The highest BCUT2D eigenvalue weighted by atomic mass is 15.1. The monoisotopic (exact) mass is 441 g/mol. The Balaban J connectivity index is 1.73. The highest BCUT2D eigenvalue weighted by molar-refractivity contribution is 5.96. The summed E-state index contributed by atoms with van der Waals surface area (Å²) in [5, 5.41) is 18.7. The van der Waals surface area contributed by atoms with Crippen LogP contribution in [0.2, 0.25) is 0 Å². The van der Waals surface area contributed by atoms with Gasteiger partial charge in [0.25, 0.3) is 0 Å². The van der Waals surface area contributed by atoms with Gasteiger partial charge >= 0.3 is 0 Å². The van der Waals surface area contributed by atoms with Gasteiger partial charge in [-0.15, -0.1) is 0 Å². The lowest BCUT2D eigenvalue weighted by atomic mass is 9.76. The van der Waals surface area contributed by atoms with Gasteiger partial charge in [-0.05, 0) is 49.0 Å². The summed E-state index contributed by atoms with van der Waals surface area (Å²) in [7, 11) is 0. The molecule has 3 aromatic heterocycles. The third-order valence-corrected chi connectivity index (χ3v) is 7.05. The summed E-state index contributed by atoms with van der Waals surface area (Å²) < 4.78 is 0. The third kappa shape index (κ3) is 3.77. The molecule has 3 heterocycles. The Labute approximate surface area is 196 Å². The Morgan fingerprint density at radius 2 is 1.73 bits per heavy atom. The Kier molecular flexibility index (Phi) is 5.38. The van der Waals surface area contributed by atoms with Crippen molar-refractivity contribution in [2.45, 2.75) is 78.6 Å². The molecular formula is C28H35N5. The normalized spacial score (nSPS) is 15.5. The molecule has 0 atom stereocenters. The van der Waals surface area contributed by atoms with Gasteiger partial charge in [-0.25, -0.2) is 4.98 Å². The van der Waals surface area contributed by atoms with E-state index in [1.54, 1.807) is 0 Å². The summed E-state index contributed by atoms with van der Waals surface area (Å²) in [4.78, 5) is 5.24. The average Bonchev–Trinajstić information content (AvgIpc) is 3.37. The molecule has 0 spiro atoms. The maximum Gasteiger partial charge on any atom is 0.115 e. The van der Waals surface area contributed by atoms with Crippen molar-refractivity contribution in [2.75, 3.05) is 0 Å². The quantitative estimate of drug-likeness (QED) is 0.352. The van der Waals surface area contributed by atoms with Crippen molar-refractivity contribution in [3.8, 4) is 22.8 Å². The minimum Gasteiger partial charge on any atom is -0.282 e. The van der Waals surface area contributed by atoms with Crippen LogP contribution in [0.15, 0.2) is 30.3 Å². The number of hydrogen-bond acceptors (Lipinski definition) is 3. The van der Waals surface area contributed by atoms with E-state index in [4.69, 9.17) is 15.2 Å². The Morgan fingerprint density at radius 3 is 2.48 bits per heavy atom. The number of aromatic amines is 2. The van der Waals surface area contributed by atoms with Crippen molar-refractivity contribution in [1.29, 1.82) is 0 Å². The molecule has 0 amide bonds. The molecule has 1 aliphatic rings. The smallest absolute Gasteiger partial charge is 0.115 e. The highest BCUT2D eigenvalue weighted by Gasteiger charge is 2.32. The predicted molar refractivity (Wildman–Crippen MR) is 136 cm³/mol. The van der Waals surface area contributed by atoms with E-state index in [0.717, 1.165) is 41.0 Å². The number of nitrogens with one attached hydrogen (secondary N) is 2. The second-order valence-corrected chi connectivity index (χ2v) is 11.0. The maximum atomic E-state index is 5.24. The summed E-state index contributed by atoms with van der Waals surface area (Å²) in [6, 6.07) is 10.7.